The molecule has 0 saturated heterocycles. The Balaban J connectivity index is 0.000000789. The molecule has 0 spiro atoms. The van der Waals surface area contributed by atoms with Crippen LogP contribution >= 0.6 is 22.2 Å². The molecule has 8 rings (SSSR count). The zero-order valence-electron chi connectivity index (χ0n) is 33.1. The Kier molecular flexibility index (Phi) is 10.5. The van der Waals surface area contributed by atoms with Gasteiger partial charge in [0.05, 0.1) is 0 Å². The molecule has 0 saturated carbocycles. The first kappa shape index (κ1) is 38.3. The molecule has 0 radical (unpaired) electrons. The number of hydrogen-bond donors (Lipinski definition) is 0. The molecule has 4 aliphatic rings. The van der Waals surface area contributed by atoms with Gasteiger partial charge in [-0.3, -0.25) is 0 Å². The Bertz CT molecular complexity index is 1930. The van der Waals surface area contributed by atoms with E-state index in [9.17, 15) is 0 Å². The van der Waals surface area contributed by atoms with E-state index in [1.54, 1.807) is 66.8 Å². The molecule has 0 aromatic heterocycles. The van der Waals surface area contributed by atoms with Crippen LogP contribution in [0.25, 0.3) is 34.4 Å². The molecule has 4 heteroatoms. The van der Waals surface area contributed by atoms with Crippen molar-refractivity contribution >= 4 is 41.0 Å². The number of benzene rings is 4. The molecule has 0 aliphatic heterocycles. The van der Waals surface area contributed by atoms with Crippen LogP contribution in [0.2, 0.25) is 13.1 Å². The fraction of sp³-hybridized carbons (Fsp3) is 0.417. The first-order valence-electron chi connectivity index (χ1n) is 19.5. The SMILES string of the molecule is CC1=Cc2c(cc3c(c2-c2ccc(C(C)(C)C)cc2)CCC3)[CH]1[Zr][CH]1C(C)=Cc2c1cc1c(c2-c2ccc(C(C)(C)C)cc2)CCC1.C[Si](C)(Cl)Cl. The van der Waals surface area contributed by atoms with Gasteiger partial charge in [-0.1, -0.05) is 0 Å². The van der Waals surface area contributed by atoms with E-state index in [0.29, 0.717) is 7.25 Å². The van der Waals surface area contributed by atoms with E-state index in [4.69, 9.17) is 22.2 Å². The predicted octanol–water partition coefficient (Wildman–Crippen LogP) is 14.5. The van der Waals surface area contributed by atoms with E-state index >= 15 is 0 Å². The fourth-order valence-electron chi connectivity index (χ4n) is 9.01. The molecule has 270 valence electrons. The van der Waals surface area contributed by atoms with Crippen LogP contribution in [0.15, 0.2) is 71.8 Å². The van der Waals surface area contributed by atoms with Crippen molar-refractivity contribution in [3.05, 3.63) is 127 Å². The number of hydrogen-bond acceptors (Lipinski definition) is 0. The van der Waals surface area contributed by atoms with Crippen molar-refractivity contribution in [2.75, 3.05) is 0 Å². The minimum atomic E-state index is -1.67. The van der Waals surface area contributed by atoms with Gasteiger partial charge in [-0.25, -0.2) is 0 Å². The van der Waals surface area contributed by atoms with Gasteiger partial charge in [0.15, 0.2) is 0 Å². The minimum absolute atomic E-state index is 0.173. The van der Waals surface area contributed by atoms with Crippen LogP contribution in [0.4, 0.5) is 0 Å². The summed E-state index contributed by atoms with van der Waals surface area (Å²) in [5.74, 6) is 0. The summed E-state index contributed by atoms with van der Waals surface area (Å²) in [5, 5.41) is 0. The van der Waals surface area contributed by atoms with Crippen LogP contribution in [-0.4, -0.2) is 6.69 Å². The molecule has 52 heavy (non-hydrogen) atoms. The molecular weight excluding hydrogens is 767 g/mol. The van der Waals surface area contributed by atoms with Gasteiger partial charge in [-0.2, -0.15) is 0 Å². The molecular formula is C48H56Cl2SiZr. The average molecular weight is 823 g/mol. The second-order valence-corrected chi connectivity index (χ2v) is 30.8. The Morgan fingerprint density at radius 2 is 0.923 bits per heavy atom. The molecule has 4 aromatic carbocycles. The van der Waals surface area contributed by atoms with E-state index in [-0.39, 0.29) is 10.8 Å². The third kappa shape index (κ3) is 7.63. The molecule has 0 bridgehead atoms. The number of fused-ring (bicyclic) bond motifs is 4. The van der Waals surface area contributed by atoms with E-state index in [0.717, 1.165) is 0 Å². The van der Waals surface area contributed by atoms with Gasteiger partial charge in [0, 0.05) is 0 Å². The maximum absolute atomic E-state index is 5.43. The first-order valence-corrected chi connectivity index (χ1v) is 27.3. The standard InChI is InChI=1S/2C23H25.C2H6Cl2Si.Zr/c2*1-15-12-18-14-17-6-5-7-20(17)22(21(18)13-15)16-8-10-19(11-9-16)23(2,3)4;1-5(2,3)4;/h2*8-14H,5-7H2,1-4H3;1-2H3;. The Morgan fingerprint density at radius 1 is 0.577 bits per heavy atom. The minimum Gasteiger partial charge on any atom is -0.146 e. The molecule has 0 N–H and O–H groups in total. The molecule has 2 atom stereocenters. The van der Waals surface area contributed by atoms with Crippen LogP contribution in [0.1, 0.15) is 131 Å². The molecule has 0 fully saturated rings. The fourth-order valence-corrected chi connectivity index (χ4v) is 13.6. The Labute approximate surface area is 336 Å². The average Bonchev–Trinajstić information content (AvgIpc) is 3.84. The van der Waals surface area contributed by atoms with Gasteiger partial charge in [0.1, 0.15) is 0 Å². The van der Waals surface area contributed by atoms with Gasteiger partial charge in [0.2, 0.25) is 6.69 Å². The van der Waals surface area contributed by atoms with Crippen molar-refractivity contribution in [3.63, 3.8) is 0 Å². The second kappa shape index (κ2) is 14.3. The number of rotatable bonds is 4. The maximum atomic E-state index is 5.43. The number of halogens is 2. The van der Waals surface area contributed by atoms with E-state index < -0.39 is 29.9 Å². The maximum Gasteiger partial charge on any atom is 0.245 e. The Morgan fingerprint density at radius 3 is 1.25 bits per heavy atom. The van der Waals surface area contributed by atoms with Gasteiger partial charge < -0.3 is 0 Å². The quantitative estimate of drug-likeness (QED) is 0.142. The van der Waals surface area contributed by atoms with E-state index in [2.05, 4.69) is 128 Å². The molecule has 2 unspecified atom stereocenters. The number of allylic oxidation sites excluding steroid dienone is 2. The summed E-state index contributed by atoms with van der Waals surface area (Å²) in [6, 6.07) is 24.5. The third-order valence-corrected chi connectivity index (χ3v) is 17.0. The van der Waals surface area contributed by atoms with E-state index in [1.807, 2.05) is 13.1 Å². The predicted molar refractivity (Wildman–Crippen MR) is 227 cm³/mol. The van der Waals surface area contributed by atoms with Crippen molar-refractivity contribution < 1.29 is 23.2 Å². The summed E-state index contributed by atoms with van der Waals surface area (Å²) < 4.78 is 1.27. The van der Waals surface area contributed by atoms with Gasteiger partial charge in [-0.15, -0.1) is 22.2 Å². The van der Waals surface area contributed by atoms with Crippen LogP contribution in [0.5, 0.6) is 0 Å². The second-order valence-electron chi connectivity index (χ2n) is 18.3. The van der Waals surface area contributed by atoms with Gasteiger partial charge in [0.25, 0.3) is 0 Å². The summed E-state index contributed by atoms with van der Waals surface area (Å²) in [4.78, 5) is 0. The molecule has 0 nitrogen and oxygen atoms in total. The molecule has 4 aliphatic carbocycles. The largest absolute Gasteiger partial charge is 0.245 e. The van der Waals surface area contributed by atoms with Crippen LogP contribution < -0.4 is 0 Å². The van der Waals surface area contributed by atoms with Crippen molar-refractivity contribution in [3.8, 4) is 22.3 Å². The zero-order valence-corrected chi connectivity index (χ0v) is 38.1. The topological polar surface area (TPSA) is 0 Å². The molecule has 0 amide bonds. The number of aryl methyl sites for hydroxylation is 2. The first-order chi connectivity index (χ1) is 24.4. The molecule has 0 heterocycles. The van der Waals surface area contributed by atoms with Crippen molar-refractivity contribution in [1.82, 2.24) is 0 Å². The van der Waals surface area contributed by atoms with Crippen LogP contribution in [-0.2, 0) is 59.7 Å². The molecule has 4 aromatic rings. The zero-order chi connectivity index (χ0) is 37.3. The smallest absolute Gasteiger partial charge is 0.146 e. The van der Waals surface area contributed by atoms with Gasteiger partial charge >= 0.3 is 297 Å². The summed E-state index contributed by atoms with van der Waals surface area (Å²) in [7, 11) is 0. The van der Waals surface area contributed by atoms with Gasteiger partial charge in [-0.05, 0) is 13.1 Å². The van der Waals surface area contributed by atoms with Crippen LogP contribution in [0.3, 0.4) is 0 Å². The third-order valence-electron chi connectivity index (χ3n) is 11.6. The summed E-state index contributed by atoms with van der Waals surface area (Å²) >= 11 is 9.93. The van der Waals surface area contributed by atoms with Crippen molar-refractivity contribution in [2.45, 2.75) is 125 Å². The van der Waals surface area contributed by atoms with Crippen molar-refractivity contribution in [2.24, 2.45) is 0 Å². The van der Waals surface area contributed by atoms with Crippen LogP contribution in [0, 0.1) is 0 Å². The summed E-state index contributed by atoms with van der Waals surface area (Å²) in [5.41, 5.74) is 25.3. The summed E-state index contributed by atoms with van der Waals surface area (Å²) in [6.07, 6.45) is 12.7. The Hall–Kier alpha value is -1.96. The summed E-state index contributed by atoms with van der Waals surface area (Å²) in [6.45, 7) is 20.9. The van der Waals surface area contributed by atoms with Crippen molar-refractivity contribution in [1.29, 1.82) is 0 Å². The monoisotopic (exact) mass is 820 g/mol. The van der Waals surface area contributed by atoms with E-state index in [1.165, 1.54) is 60.8 Å². The normalized spacial score (nSPS) is 18.9.